The van der Waals surface area contributed by atoms with Crippen LogP contribution >= 0.6 is 12.4 Å². The number of carbonyl (C=O) groups excluding carboxylic acids is 1. The summed E-state index contributed by atoms with van der Waals surface area (Å²) in [7, 11) is 1.57. The molecule has 5 nitrogen and oxygen atoms in total. The molecule has 0 aliphatic carbocycles. The van der Waals surface area contributed by atoms with Gasteiger partial charge in [0.2, 0.25) is 0 Å². The van der Waals surface area contributed by atoms with Crippen LogP contribution in [0, 0.1) is 5.92 Å². The zero-order valence-corrected chi connectivity index (χ0v) is 16.0. The molecule has 0 fully saturated rings. The third-order valence-corrected chi connectivity index (χ3v) is 3.28. The molecule has 0 saturated heterocycles. The summed E-state index contributed by atoms with van der Waals surface area (Å²) in [6, 6.07) is 5.45. The first-order chi connectivity index (χ1) is 10.8. The Morgan fingerprint density at radius 3 is 2.46 bits per heavy atom. The third-order valence-electron chi connectivity index (χ3n) is 3.28. The molecule has 0 amide bonds. The van der Waals surface area contributed by atoms with E-state index in [0.717, 1.165) is 0 Å². The van der Waals surface area contributed by atoms with Gasteiger partial charge in [-0.15, -0.1) is 12.4 Å². The lowest BCUT2D eigenvalue weighted by Crippen LogP contribution is -2.35. The van der Waals surface area contributed by atoms with Crippen LogP contribution in [-0.4, -0.2) is 43.3 Å². The minimum absolute atomic E-state index is 0. The molecule has 0 spiro atoms. The van der Waals surface area contributed by atoms with Crippen LogP contribution in [0.15, 0.2) is 18.2 Å². The highest BCUT2D eigenvalue weighted by molar-refractivity contribution is 5.99. The van der Waals surface area contributed by atoms with Gasteiger partial charge in [-0.3, -0.25) is 4.79 Å². The van der Waals surface area contributed by atoms with Crippen molar-refractivity contribution in [3.05, 3.63) is 23.8 Å². The highest BCUT2D eigenvalue weighted by Crippen LogP contribution is 2.27. The molecular weight excluding hydrogens is 330 g/mol. The van der Waals surface area contributed by atoms with Crippen LogP contribution in [0.4, 0.5) is 0 Å². The molecule has 2 N–H and O–H groups in total. The molecule has 1 rings (SSSR count). The van der Waals surface area contributed by atoms with E-state index < -0.39 is 6.10 Å². The molecule has 0 heterocycles. The first kappa shape index (κ1) is 22.7. The second-order valence-corrected chi connectivity index (χ2v) is 6.41. The fraction of sp³-hybridized carbons (Fsp3) is 0.611. The van der Waals surface area contributed by atoms with Crippen molar-refractivity contribution in [2.75, 3.05) is 20.3 Å². The van der Waals surface area contributed by atoms with Gasteiger partial charge in [-0.05, 0) is 18.1 Å². The van der Waals surface area contributed by atoms with E-state index in [4.69, 9.17) is 9.47 Å². The van der Waals surface area contributed by atoms with Gasteiger partial charge in [-0.2, -0.15) is 0 Å². The van der Waals surface area contributed by atoms with Crippen molar-refractivity contribution in [2.45, 2.75) is 46.3 Å². The smallest absolute Gasteiger partial charge is 0.166 e. The number of hydrogen-bond donors (Lipinski definition) is 2. The van der Waals surface area contributed by atoms with Gasteiger partial charge in [0, 0.05) is 25.1 Å². The Balaban J connectivity index is 0.00000529. The lowest BCUT2D eigenvalue weighted by atomic mass is 10.0. The quantitative estimate of drug-likeness (QED) is 0.628. The van der Waals surface area contributed by atoms with Crippen molar-refractivity contribution in [1.29, 1.82) is 0 Å². The average molecular weight is 360 g/mol. The highest BCUT2D eigenvalue weighted by atomic mass is 35.5. The zero-order valence-electron chi connectivity index (χ0n) is 15.2. The van der Waals surface area contributed by atoms with E-state index in [9.17, 15) is 9.90 Å². The third kappa shape index (κ3) is 7.99. The molecule has 0 saturated carbocycles. The Labute approximate surface area is 151 Å². The number of aliphatic hydroxyl groups excluding tert-OH is 1. The number of ether oxygens (including phenoxy) is 2. The van der Waals surface area contributed by atoms with E-state index in [1.54, 1.807) is 25.3 Å². The monoisotopic (exact) mass is 359 g/mol. The van der Waals surface area contributed by atoms with Crippen LogP contribution in [-0.2, 0) is 0 Å². The topological polar surface area (TPSA) is 67.8 Å². The van der Waals surface area contributed by atoms with Gasteiger partial charge in [0.15, 0.2) is 5.78 Å². The summed E-state index contributed by atoms with van der Waals surface area (Å²) in [5, 5.41) is 13.1. The van der Waals surface area contributed by atoms with Crippen LogP contribution in [0.25, 0.3) is 0 Å². The lowest BCUT2D eigenvalue weighted by molar-refractivity contribution is 0.0934. The van der Waals surface area contributed by atoms with E-state index >= 15 is 0 Å². The highest BCUT2D eigenvalue weighted by Gasteiger charge is 2.16. The molecule has 0 aliphatic heterocycles. The molecule has 0 aliphatic rings. The van der Waals surface area contributed by atoms with Gasteiger partial charge < -0.3 is 19.9 Å². The predicted octanol–water partition coefficient (Wildman–Crippen LogP) is 3.08. The number of carbonyl (C=O) groups is 1. The fourth-order valence-electron chi connectivity index (χ4n) is 2.08. The van der Waals surface area contributed by atoms with Crippen molar-refractivity contribution in [3.63, 3.8) is 0 Å². The van der Waals surface area contributed by atoms with E-state index in [1.165, 1.54) is 0 Å². The SMILES string of the molecule is COc1ccc(C(=O)CC(C)C)c(OC[C@H](O)CNC(C)C)c1.Cl. The second kappa shape index (κ2) is 11.3. The lowest BCUT2D eigenvalue weighted by Gasteiger charge is -2.17. The Morgan fingerprint density at radius 2 is 1.92 bits per heavy atom. The Kier molecular flexibility index (Phi) is 10.7. The van der Waals surface area contributed by atoms with E-state index in [2.05, 4.69) is 5.32 Å². The molecule has 0 bridgehead atoms. The Hall–Kier alpha value is -1.30. The van der Waals surface area contributed by atoms with Crippen molar-refractivity contribution in [1.82, 2.24) is 5.32 Å². The number of halogens is 1. The van der Waals surface area contributed by atoms with Crippen molar-refractivity contribution >= 4 is 18.2 Å². The largest absolute Gasteiger partial charge is 0.497 e. The van der Waals surface area contributed by atoms with E-state index in [0.29, 0.717) is 36.1 Å². The standard InChI is InChI=1S/C18H29NO4.ClH/c1-12(2)8-17(21)16-7-6-15(22-5)9-18(16)23-11-14(20)10-19-13(3)4;/h6-7,9,12-14,19-20H,8,10-11H2,1-5H3;1H/t14-;/m1./s1. The summed E-state index contributed by atoms with van der Waals surface area (Å²) in [6.45, 7) is 8.59. The van der Waals surface area contributed by atoms with Crippen molar-refractivity contribution < 1.29 is 19.4 Å². The Morgan fingerprint density at radius 1 is 1.25 bits per heavy atom. The summed E-state index contributed by atoms with van der Waals surface area (Å²) in [4.78, 5) is 12.3. The second-order valence-electron chi connectivity index (χ2n) is 6.41. The predicted molar refractivity (Wildman–Crippen MR) is 98.7 cm³/mol. The van der Waals surface area contributed by atoms with Gasteiger partial charge in [0.05, 0.1) is 12.7 Å². The van der Waals surface area contributed by atoms with E-state index in [1.807, 2.05) is 27.7 Å². The first-order valence-electron chi connectivity index (χ1n) is 8.09. The van der Waals surface area contributed by atoms with Gasteiger partial charge in [-0.1, -0.05) is 27.7 Å². The number of aliphatic hydroxyl groups is 1. The summed E-state index contributed by atoms with van der Waals surface area (Å²) >= 11 is 0. The summed E-state index contributed by atoms with van der Waals surface area (Å²) in [5.74, 6) is 1.39. The maximum atomic E-state index is 12.3. The van der Waals surface area contributed by atoms with Crippen LogP contribution in [0.5, 0.6) is 11.5 Å². The number of nitrogens with one attached hydrogen (secondary N) is 1. The minimum Gasteiger partial charge on any atom is -0.497 e. The maximum absolute atomic E-state index is 12.3. The molecule has 1 atom stereocenters. The van der Waals surface area contributed by atoms with Crippen LogP contribution in [0.1, 0.15) is 44.5 Å². The minimum atomic E-state index is -0.642. The van der Waals surface area contributed by atoms with Crippen molar-refractivity contribution in [2.24, 2.45) is 5.92 Å². The number of rotatable bonds is 10. The summed E-state index contributed by atoms with van der Waals surface area (Å²) < 4.78 is 10.9. The Bertz CT molecular complexity index is 506. The van der Waals surface area contributed by atoms with Gasteiger partial charge in [0.1, 0.15) is 24.2 Å². The molecule has 1 aromatic rings. The molecule has 1 aromatic carbocycles. The molecule has 6 heteroatoms. The van der Waals surface area contributed by atoms with Gasteiger partial charge in [0.25, 0.3) is 0 Å². The van der Waals surface area contributed by atoms with Crippen LogP contribution in [0.3, 0.4) is 0 Å². The first-order valence-corrected chi connectivity index (χ1v) is 8.09. The maximum Gasteiger partial charge on any atom is 0.166 e. The van der Waals surface area contributed by atoms with Crippen molar-refractivity contribution in [3.8, 4) is 11.5 Å². The molecule has 0 radical (unpaired) electrons. The van der Waals surface area contributed by atoms with Crippen LogP contribution < -0.4 is 14.8 Å². The van der Waals surface area contributed by atoms with Gasteiger partial charge >= 0.3 is 0 Å². The molecular formula is C18H30ClNO4. The number of Topliss-reactive ketones (excluding diaryl/α,β-unsaturated/α-hetero) is 1. The normalized spacial score (nSPS) is 12.0. The summed E-state index contributed by atoms with van der Waals surface area (Å²) in [6.07, 6.45) is -0.184. The van der Waals surface area contributed by atoms with Crippen LogP contribution in [0.2, 0.25) is 0 Å². The fourth-order valence-corrected chi connectivity index (χ4v) is 2.08. The number of hydrogen-bond acceptors (Lipinski definition) is 5. The number of benzene rings is 1. The van der Waals surface area contributed by atoms with Gasteiger partial charge in [-0.25, -0.2) is 0 Å². The number of ketones is 1. The molecule has 0 unspecified atom stereocenters. The van der Waals surface area contributed by atoms with E-state index in [-0.39, 0.29) is 30.7 Å². The molecule has 0 aromatic heterocycles. The molecule has 138 valence electrons. The molecule has 24 heavy (non-hydrogen) atoms. The summed E-state index contributed by atoms with van der Waals surface area (Å²) in [5.41, 5.74) is 0.531. The number of methoxy groups -OCH3 is 1. The zero-order chi connectivity index (χ0) is 17.4. The average Bonchev–Trinajstić information content (AvgIpc) is 2.49.